The largest absolute Gasteiger partial charge is 0.496 e. The summed E-state index contributed by atoms with van der Waals surface area (Å²) in [6, 6.07) is 8.68. The van der Waals surface area contributed by atoms with Gasteiger partial charge >= 0.3 is 12.2 Å². The van der Waals surface area contributed by atoms with E-state index in [2.05, 4.69) is 12.6 Å². The molecule has 2 heterocycles. The van der Waals surface area contributed by atoms with Gasteiger partial charge in [0.1, 0.15) is 17.2 Å². The Bertz CT molecular complexity index is 1510. The van der Waals surface area contributed by atoms with E-state index in [0.29, 0.717) is 41.7 Å². The van der Waals surface area contributed by atoms with Gasteiger partial charge in [-0.05, 0) is 82.9 Å². The minimum atomic E-state index is -1.19. The Kier molecular flexibility index (Phi) is 6.70. The number of methoxy groups -OCH3 is 1. The Labute approximate surface area is 221 Å². The summed E-state index contributed by atoms with van der Waals surface area (Å²) in [6.45, 7) is 13.6. The molecule has 0 saturated carbocycles. The second-order valence-electron chi connectivity index (χ2n) is 10.7. The minimum Gasteiger partial charge on any atom is -0.496 e. The van der Waals surface area contributed by atoms with Crippen LogP contribution in [0.15, 0.2) is 36.9 Å². The molecule has 0 bridgehead atoms. The van der Waals surface area contributed by atoms with Gasteiger partial charge in [-0.1, -0.05) is 6.08 Å². The average molecular weight is 517 g/mol. The molecule has 1 aliphatic rings. The van der Waals surface area contributed by atoms with Gasteiger partial charge in [0.05, 0.1) is 40.9 Å². The number of benzene rings is 2. The molecular weight excluding hydrogens is 484 g/mol. The number of ether oxygens (including phenoxy) is 2. The van der Waals surface area contributed by atoms with Crippen molar-refractivity contribution >= 4 is 28.9 Å². The summed E-state index contributed by atoms with van der Waals surface area (Å²) in [5.74, 6) is 0.841. The van der Waals surface area contributed by atoms with Crippen molar-refractivity contribution in [1.29, 1.82) is 5.26 Å². The molecule has 3 aromatic rings. The van der Waals surface area contributed by atoms with E-state index in [9.17, 15) is 20.0 Å². The Hall–Kier alpha value is -4.32. The summed E-state index contributed by atoms with van der Waals surface area (Å²) in [4.78, 5) is 32.1. The van der Waals surface area contributed by atoms with Gasteiger partial charge in [0, 0.05) is 12.1 Å². The van der Waals surface area contributed by atoms with E-state index in [0.717, 1.165) is 26.9 Å². The van der Waals surface area contributed by atoms with Crippen LogP contribution in [0.4, 0.5) is 15.3 Å². The Balaban J connectivity index is 2.03. The van der Waals surface area contributed by atoms with Gasteiger partial charge in [0.25, 0.3) is 0 Å². The summed E-state index contributed by atoms with van der Waals surface area (Å²) in [7, 11) is 1.57. The first kappa shape index (κ1) is 26.7. The summed E-state index contributed by atoms with van der Waals surface area (Å²) < 4.78 is 12.7. The second kappa shape index (κ2) is 9.53. The van der Waals surface area contributed by atoms with Crippen LogP contribution in [0.3, 0.4) is 0 Å². The third kappa shape index (κ3) is 4.36. The van der Waals surface area contributed by atoms with Crippen LogP contribution >= 0.6 is 0 Å². The van der Waals surface area contributed by atoms with Gasteiger partial charge in [-0.25, -0.2) is 19.1 Å². The quantitative estimate of drug-likeness (QED) is 0.418. The van der Waals surface area contributed by atoms with E-state index in [-0.39, 0.29) is 5.82 Å². The number of amides is 1. The number of aryl methyl sites for hydroxylation is 1. The predicted molar refractivity (Wildman–Crippen MR) is 144 cm³/mol. The summed E-state index contributed by atoms with van der Waals surface area (Å²) in [5, 5.41) is 19.6. The van der Waals surface area contributed by atoms with Crippen molar-refractivity contribution in [2.45, 2.75) is 58.5 Å². The van der Waals surface area contributed by atoms with Crippen LogP contribution in [0.1, 0.15) is 62.2 Å². The van der Waals surface area contributed by atoms with Crippen LogP contribution < -0.4 is 9.64 Å². The van der Waals surface area contributed by atoms with E-state index in [4.69, 9.17) is 14.5 Å². The van der Waals surface area contributed by atoms with E-state index >= 15 is 0 Å². The average Bonchev–Trinajstić information content (AvgIpc) is 3.45. The number of rotatable bonds is 5. The molecule has 0 aliphatic carbocycles. The summed E-state index contributed by atoms with van der Waals surface area (Å²) in [6.07, 6.45) is 0.954. The number of imidazole rings is 1. The maximum atomic E-state index is 13.1. The molecule has 9 heteroatoms. The van der Waals surface area contributed by atoms with Gasteiger partial charge in [0.15, 0.2) is 0 Å². The lowest BCUT2D eigenvalue weighted by Gasteiger charge is -2.33. The van der Waals surface area contributed by atoms with E-state index in [1.165, 1.54) is 0 Å². The number of carbonyl (C=O) groups is 2. The van der Waals surface area contributed by atoms with Crippen molar-refractivity contribution in [3.05, 3.63) is 65.0 Å². The van der Waals surface area contributed by atoms with Crippen LogP contribution in [0.2, 0.25) is 0 Å². The predicted octanol–water partition coefficient (Wildman–Crippen LogP) is 5.93. The van der Waals surface area contributed by atoms with E-state index in [1.807, 2.05) is 40.7 Å². The summed E-state index contributed by atoms with van der Waals surface area (Å²) in [5.41, 5.74) is 2.68. The van der Waals surface area contributed by atoms with Gasteiger partial charge < -0.3 is 14.6 Å². The second-order valence-corrected chi connectivity index (χ2v) is 10.7. The SMILES string of the molecule is C=CCC(C)(c1c(OC)cc(C)c2c1CCN2C(=O)OC(C)(C)C)c1nc2cc(C#N)ccc2n1C(=O)O. The molecule has 4 rings (SSSR count). The lowest BCUT2D eigenvalue weighted by molar-refractivity contribution is 0.0583. The first-order valence-electron chi connectivity index (χ1n) is 12.3. The molecule has 38 heavy (non-hydrogen) atoms. The van der Waals surface area contributed by atoms with Crippen molar-refractivity contribution in [2.24, 2.45) is 0 Å². The first-order valence-corrected chi connectivity index (χ1v) is 12.3. The first-order chi connectivity index (χ1) is 17.9. The number of anilines is 1. The number of nitriles is 1. The molecule has 0 radical (unpaired) electrons. The molecule has 1 amide bonds. The lowest BCUT2D eigenvalue weighted by atomic mass is 9.74. The maximum Gasteiger partial charge on any atom is 0.417 e. The molecule has 0 saturated heterocycles. The van der Waals surface area contributed by atoms with Crippen molar-refractivity contribution in [3.8, 4) is 11.8 Å². The molecule has 0 fully saturated rings. The zero-order valence-electron chi connectivity index (χ0n) is 22.6. The number of aromatic nitrogens is 2. The molecule has 9 nitrogen and oxygen atoms in total. The fraction of sp³-hybridized carbons (Fsp3) is 0.379. The topological polar surface area (TPSA) is 118 Å². The molecule has 0 spiro atoms. The molecule has 1 unspecified atom stereocenters. The number of carbonyl (C=O) groups excluding carboxylic acids is 1. The third-order valence-corrected chi connectivity index (χ3v) is 6.82. The zero-order valence-corrected chi connectivity index (χ0v) is 22.6. The molecule has 2 aromatic carbocycles. The van der Waals surface area contributed by atoms with Crippen molar-refractivity contribution < 1.29 is 24.2 Å². The highest BCUT2D eigenvalue weighted by Gasteiger charge is 2.43. The van der Waals surface area contributed by atoms with Crippen molar-refractivity contribution in [3.63, 3.8) is 0 Å². The minimum absolute atomic E-state index is 0.273. The number of hydrogen-bond acceptors (Lipinski definition) is 6. The van der Waals surface area contributed by atoms with Gasteiger partial charge in [-0.3, -0.25) is 4.90 Å². The number of hydrogen-bond donors (Lipinski definition) is 1. The number of carboxylic acid groups (broad SMARTS) is 1. The normalized spacial score (nSPS) is 14.5. The van der Waals surface area contributed by atoms with E-state index < -0.39 is 23.2 Å². The number of fused-ring (bicyclic) bond motifs is 2. The molecule has 1 aliphatic heterocycles. The molecule has 1 N–H and O–H groups in total. The smallest absolute Gasteiger partial charge is 0.417 e. The number of nitrogens with zero attached hydrogens (tertiary/aromatic N) is 4. The van der Waals surface area contributed by atoms with Gasteiger partial charge in [-0.2, -0.15) is 5.26 Å². The Morgan fingerprint density at radius 2 is 1.97 bits per heavy atom. The molecule has 1 atom stereocenters. The van der Waals surface area contributed by atoms with Crippen LogP contribution in [-0.4, -0.2) is 46.1 Å². The van der Waals surface area contributed by atoms with E-state index in [1.54, 1.807) is 36.3 Å². The fourth-order valence-electron chi connectivity index (χ4n) is 5.37. The third-order valence-electron chi connectivity index (χ3n) is 6.82. The Morgan fingerprint density at radius 1 is 1.26 bits per heavy atom. The highest BCUT2D eigenvalue weighted by atomic mass is 16.6. The lowest BCUT2D eigenvalue weighted by Crippen LogP contribution is -2.36. The highest BCUT2D eigenvalue weighted by Crippen LogP contribution is 2.49. The highest BCUT2D eigenvalue weighted by molar-refractivity contribution is 5.93. The Morgan fingerprint density at radius 3 is 2.55 bits per heavy atom. The zero-order chi connectivity index (χ0) is 28.0. The fourth-order valence-corrected chi connectivity index (χ4v) is 5.37. The van der Waals surface area contributed by atoms with Crippen LogP contribution in [0.25, 0.3) is 11.0 Å². The van der Waals surface area contributed by atoms with Crippen molar-refractivity contribution in [2.75, 3.05) is 18.6 Å². The molecular formula is C29H32N4O5. The van der Waals surface area contributed by atoms with Gasteiger partial charge in [-0.15, -0.1) is 6.58 Å². The standard InChI is InChI=1S/C29H32N4O5/c1-8-12-29(6,25-31-20-15-18(16-30)9-10-21(20)33(25)26(34)35)23-19-11-13-32(27(36)38-28(3,4)5)24(19)17(2)14-22(23)37-7/h8-10,14-15H,1,11-13H2,2-7H3,(H,34,35). The molecule has 1 aromatic heterocycles. The van der Waals surface area contributed by atoms with Crippen LogP contribution in [0.5, 0.6) is 5.75 Å². The monoisotopic (exact) mass is 516 g/mol. The van der Waals surface area contributed by atoms with Crippen molar-refractivity contribution in [1.82, 2.24) is 9.55 Å². The van der Waals surface area contributed by atoms with Crippen LogP contribution in [-0.2, 0) is 16.6 Å². The number of allylic oxidation sites excluding steroid dienone is 1. The molecule has 198 valence electrons. The van der Waals surface area contributed by atoms with Gasteiger partial charge in [0.2, 0.25) is 0 Å². The maximum absolute atomic E-state index is 13.1. The summed E-state index contributed by atoms with van der Waals surface area (Å²) >= 11 is 0. The van der Waals surface area contributed by atoms with Crippen LogP contribution in [0, 0.1) is 18.3 Å².